The molecule has 0 aliphatic heterocycles. The van der Waals surface area contributed by atoms with E-state index in [1.807, 2.05) is 12.1 Å². The van der Waals surface area contributed by atoms with E-state index in [1.165, 1.54) is 0 Å². The first-order valence-electron chi connectivity index (χ1n) is 6.25. The van der Waals surface area contributed by atoms with Crippen LogP contribution in [0.15, 0.2) is 65.3 Å². The quantitative estimate of drug-likeness (QED) is 0.785. The van der Waals surface area contributed by atoms with Crippen LogP contribution in [0.3, 0.4) is 0 Å². The van der Waals surface area contributed by atoms with Crippen molar-refractivity contribution in [1.29, 1.82) is 5.41 Å². The number of aromatic nitrogens is 1. The van der Waals surface area contributed by atoms with Crippen molar-refractivity contribution in [2.45, 2.75) is 0 Å². The SMILES string of the molecule is N=c1oc(-c2ccc(Cl)cc2)ccc1Oc1cccnc1. The summed E-state index contributed by atoms with van der Waals surface area (Å²) in [7, 11) is 0. The largest absolute Gasteiger partial charge is 0.450 e. The van der Waals surface area contributed by atoms with Crippen LogP contribution in [-0.4, -0.2) is 4.98 Å². The highest BCUT2D eigenvalue weighted by molar-refractivity contribution is 6.30. The Hall–Kier alpha value is -2.59. The van der Waals surface area contributed by atoms with Crippen molar-refractivity contribution in [2.75, 3.05) is 0 Å². The molecule has 0 saturated carbocycles. The van der Waals surface area contributed by atoms with Crippen molar-refractivity contribution in [3.05, 3.63) is 71.5 Å². The Morgan fingerprint density at radius 3 is 2.52 bits per heavy atom. The highest BCUT2D eigenvalue weighted by Gasteiger charge is 2.06. The maximum absolute atomic E-state index is 7.91. The highest BCUT2D eigenvalue weighted by atomic mass is 35.5. The molecule has 0 radical (unpaired) electrons. The summed E-state index contributed by atoms with van der Waals surface area (Å²) < 4.78 is 11.0. The number of benzene rings is 1. The van der Waals surface area contributed by atoms with Crippen LogP contribution in [0.1, 0.15) is 0 Å². The number of hydrogen-bond acceptors (Lipinski definition) is 4. The summed E-state index contributed by atoms with van der Waals surface area (Å²) in [6.45, 7) is 0. The van der Waals surface area contributed by atoms with Crippen LogP contribution in [0.4, 0.5) is 0 Å². The van der Waals surface area contributed by atoms with Crippen LogP contribution in [0, 0.1) is 5.41 Å². The zero-order valence-corrected chi connectivity index (χ0v) is 11.7. The average Bonchev–Trinajstić information content (AvgIpc) is 2.51. The van der Waals surface area contributed by atoms with E-state index in [2.05, 4.69) is 4.98 Å². The molecule has 3 aromatic rings. The first-order chi connectivity index (χ1) is 10.2. The Labute approximate surface area is 126 Å². The highest BCUT2D eigenvalue weighted by Crippen LogP contribution is 2.23. The number of nitrogens with zero attached hydrogens (tertiary/aromatic N) is 1. The summed E-state index contributed by atoms with van der Waals surface area (Å²) in [5, 5.41) is 8.57. The summed E-state index contributed by atoms with van der Waals surface area (Å²) in [4.78, 5) is 3.95. The van der Waals surface area contributed by atoms with Gasteiger partial charge in [-0.05, 0) is 48.5 Å². The van der Waals surface area contributed by atoms with Crippen molar-refractivity contribution >= 4 is 11.6 Å². The molecule has 0 bridgehead atoms. The van der Waals surface area contributed by atoms with E-state index < -0.39 is 0 Å². The fourth-order valence-corrected chi connectivity index (χ4v) is 1.93. The van der Waals surface area contributed by atoms with E-state index >= 15 is 0 Å². The minimum absolute atomic E-state index is 0.0497. The topological polar surface area (TPSA) is 59.1 Å². The fourth-order valence-electron chi connectivity index (χ4n) is 1.81. The van der Waals surface area contributed by atoms with Crippen LogP contribution >= 0.6 is 11.6 Å². The van der Waals surface area contributed by atoms with Crippen molar-refractivity contribution in [1.82, 2.24) is 4.98 Å². The lowest BCUT2D eigenvalue weighted by atomic mass is 10.1. The van der Waals surface area contributed by atoms with Gasteiger partial charge in [0.2, 0.25) is 0 Å². The van der Waals surface area contributed by atoms with Gasteiger partial charge < -0.3 is 9.15 Å². The van der Waals surface area contributed by atoms with E-state index in [1.54, 1.807) is 48.8 Å². The number of halogens is 1. The number of pyridine rings is 1. The molecule has 3 rings (SSSR count). The molecule has 0 amide bonds. The van der Waals surface area contributed by atoms with E-state index in [-0.39, 0.29) is 5.55 Å². The average molecular weight is 299 g/mol. The summed E-state index contributed by atoms with van der Waals surface area (Å²) in [6, 6.07) is 14.2. The second-order valence-corrected chi connectivity index (χ2v) is 4.73. The maximum atomic E-state index is 7.91. The smallest absolute Gasteiger partial charge is 0.255 e. The molecule has 21 heavy (non-hydrogen) atoms. The maximum Gasteiger partial charge on any atom is 0.255 e. The third kappa shape index (κ3) is 3.12. The second-order valence-electron chi connectivity index (χ2n) is 4.29. The monoisotopic (exact) mass is 298 g/mol. The Morgan fingerprint density at radius 2 is 1.86 bits per heavy atom. The molecule has 0 aliphatic carbocycles. The molecule has 5 heteroatoms. The van der Waals surface area contributed by atoms with Crippen LogP contribution < -0.4 is 10.3 Å². The fraction of sp³-hybridized carbons (Fsp3) is 0. The van der Waals surface area contributed by atoms with Gasteiger partial charge in [0.15, 0.2) is 5.75 Å². The molecule has 0 atom stereocenters. The molecule has 0 aliphatic rings. The lowest BCUT2D eigenvalue weighted by Gasteiger charge is -2.06. The van der Waals surface area contributed by atoms with Gasteiger partial charge in [-0.3, -0.25) is 10.4 Å². The molecule has 0 unspecified atom stereocenters. The molecule has 0 spiro atoms. The second kappa shape index (κ2) is 5.81. The van der Waals surface area contributed by atoms with E-state index in [4.69, 9.17) is 26.2 Å². The summed E-state index contributed by atoms with van der Waals surface area (Å²) in [5.41, 5.74) is 0.798. The zero-order chi connectivity index (χ0) is 14.7. The van der Waals surface area contributed by atoms with Gasteiger partial charge in [-0.15, -0.1) is 0 Å². The number of nitrogens with one attached hydrogen (secondary N) is 1. The molecule has 1 aromatic carbocycles. The van der Waals surface area contributed by atoms with Crippen LogP contribution in [0.5, 0.6) is 11.5 Å². The Balaban J connectivity index is 1.90. The third-order valence-corrected chi connectivity index (χ3v) is 3.06. The first kappa shape index (κ1) is 13.4. The van der Waals surface area contributed by atoms with Gasteiger partial charge in [-0.25, -0.2) is 0 Å². The summed E-state index contributed by atoms with van der Waals surface area (Å²) in [6.07, 6.45) is 3.23. The first-order valence-corrected chi connectivity index (χ1v) is 6.63. The van der Waals surface area contributed by atoms with E-state index in [0.717, 1.165) is 5.56 Å². The molecule has 1 N–H and O–H groups in total. The Kier molecular flexibility index (Phi) is 3.71. The van der Waals surface area contributed by atoms with Crippen molar-refractivity contribution in [3.8, 4) is 22.8 Å². The van der Waals surface area contributed by atoms with E-state index in [0.29, 0.717) is 22.3 Å². The zero-order valence-electron chi connectivity index (χ0n) is 10.9. The Bertz CT molecular complexity index is 799. The summed E-state index contributed by atoms with van der Waals surface area (Å²) in [5.74, 6) is 1.47. The van der Waals surface area contributed by atoms with Gasteiger partial charge in [0.05, 0.1) is 6.20 Å². The standard InChI is InChI=1S/C16H11ClN2O2/c17-12-5-3-11(4-6-12)14-7-8-15(16(18)21-14)20-13-2-1-9-19-10-13/h1-10,18H. The van der Waals surface area contributed by atoms with Gasteiger partial charge in [-0.2, -0.15) is 0 Å². The predicted octanol–water partition coefficient (Wildman–Crippen LogP) is 4.27. The van der Waals surface area contributed by atoms with Crippen molar-refractivity contribution < 1.29 is 9.15 Å². The molecule has 2 aromatic heterocycles. The number of rotatable bonds is 3. The normalized spacial score (nSPS) is 10.3. The van der Waals surface area contributed by atoms with Gasteiger partial charge in [0, 0.05) is 16.8 Å². The molecular weight excluding hydrogens is 288 g/mol. The number of ether oxygens (including phenoxy) is 1. The lowest BCUT2D eigenvalue weighted by Crippen LogP contribution is -2.03. The number of hydrogen-bond donors (Lipinski definition) is 1. The van der Waals surface area contributed by atoms with E-state index in [9.17, 15) is 0 Å². The van der Waals surface area contributed by atoms with Crippen LogP contribution in [-0.2, 0) is 0 Å². The third-order valence-electron chi connectivity index (χ3n) is 2.81. The molecular formula is C16H11ClN2O2. The molecule has 4 nitrogen and oxygen atoms in total. The minimum Gasteiger partial charge on any atom is -0.450 e. The van der Waals surface area contributed by atoms with Crippen molar-refractivity contribution in [2.24, 2.45) is 0 Å². The minimum atomic E-state index is -0.0497. The lowest BCUT2D eigenvalue weighted by molar-refractivity contribution is 0.411. The molecule has 0 saturated heterocycles. The summed E-state index contributed by atoms with van der Waals surface area (Å²) >= 11 is 5.85. The Morgan fingerprint density at radius 1 is 1.05 bits per heavy atom. The van der Waals surface area contributed by atoms with Crippen LogP contribution in [0.2, 0.25) is 5.02 Å². The van der Waals surface area contributed by atoms with Crippen LogP contribution in [0.25, 0.3) is 11.3 Å². The molecule has 0 fully saturated rings. The van der Waals surface area contributed by atoms with Gasteiger partial charge >= 0.3 is 0 Å². The van der Waals surface area contributed by atoms with Gasteiger partial charge in [0.25, 0.3) is 5.55 Å². The predicted molar refractivity (Wildman–Crippen MR) is 79.3 cm³/mol. The van der Waals surface area contributed by atoms with Crippen molar-refractivity contribution in [3.63, 3.8) is 0 Å². The van der Waals surface area contributed by atoms with Gasteiger partial charge in [-0.1, -0.05) is 11.6 Å². The van der Waals surface area contributed by atoms with Gasteiger partial charge in [0.1, 0.15) is 11.5 Å². The molecule has 104 valence electrons. The molecule has 2 heterocycles.